The summed E-state index contributed by atoms with van der Waals surface area (Å²) in [6.45, 7) is 5.53. The van der Waals surface area contributed by atoms with E-state index < -0.39 is 0 Å². The maximum atomic E-state index is 12.7. The van der Waals surface area contributed by atoms with Crippen LogP contribution in [0.15, 0.2) is 35.0 Å². The fourth-order valence-corrected chi connectivity index (χ4v) is 3.14. The van der Waals surface area contributed by atoms with E-state index >= 15 is 0 Å². The largest absolute Gasteiger partial charge is 0.494 e. The van der Waals surface area contributed by atoms with Crippen LogP contribution in [0.2, 0.25) is 0 Å². The lowest BCUT2D eigenvalue weighted by molar-refractivity contribution is 0.0787. The maximum absolute atomic E-state index is 12.7. The predicted octanol–water partition coefficient (Wildman–Crippen LogP) is 2.12. The molecule has 1 aromatic carbocycles. The molecule has 1 saturated heterocycles. The third-order valence-corrected chi connectivity index (χ3v) is 4.49. The number of hydrogen-bond acceptors (Lipinski definition) is 7. The van der Waals surface area contributed by atoms with Gasteiger partial charge in [-0.15, -0.1) is 5.10 Å². The van der Waals surface area contributed by atoms with Crippen LogP contribution in [0.3, 0.4) is 0 Å². The first-order valence-corrected chi connectivity index (χ1v) is 8.88. The molecule has 0 radical (unpaired) electrons. The van der Waals surface area contributed by atoms with Gasteiger partial charge in [0.2, 0.25) is 0 Å². The molecule has 1 amide bonds. The van der Waals surface area contributed by atoms with Crippen molar-refractivity contribution in [1.29, 1.82) is 0 Å². The molecule has 3 heterocycles. The zero-order valence-electron chi connectivity index (χ0n) is 15.2. The van der Waals surface area contributed by atoms with Gasteiger partial charge in [0.15, 0.2) is 11.5 Å². The fourth-order valence-electron chi connectivity index (χ4n) is 3.14. The van der Waals surface area contributed by atoms with E-state index in [9.17, 15) is 4.79 Å². The lowest BCUT2D eigenvalue weighted by atomic mass is 10.2. The van der Waals surface area contributed by atoms with Crippen molar-refractivity contribution in [3.63, 3.8) is 0 Å². The minimum Gasteiger partial charge on any atom is -0.494 e. The zero-order chi connectivity index (χ0) is 18.8. The Bertz CT molecular complexity index is 933. The summed E-state index contributed by atoms with van der Waals surface area (Å²) < 4.78 is 12.3. The number of ether oxygens (including phenoxy) is 1. The second-order valence-corrected chi connectivity index (χ2v) is 6.38. The van der Waals surface area contributed by atoms with Gasteiger partial charge in [-0.2, -0.15) is 4.98 Å². The fraction of sp³-hybridized carbons (Fsp3) is 0.389. The monoisotopic (exact) mass is 368 g/mol. The van der Waals surface area contributed by atoms with Crippen LogP contribution in [0.1, 0.15) is 35.6 Å². The summed E-state index contributed by atoms with van der Waals surface area (Å²) in [6, 6.07) is 7.31. The van der Waals surface area contributed by atoms with Gasteiger partial charge in [0, 0.05) is 18.7 Å². The van der Waals surface area contributed by atoms with Crippen molar-refractivity contribution in [3.8, 4) is 17.3 Å². The molecule has 0 spiro atoms. The normalized spacial score (nSPS) is 16.7. The molecule has 9 heteroatoms. The summed E-state index contributed by atoms with van der Waals surface area (Å²) in [5.74, 6) is 1.67. The van der Waals surface area contributed by atoms with Crippen LogP contribution < -0.4 is 4.74 Å². The number of aromatic nitrogens is 5. The molecule has 3 aromatic rings. The topological polar surface area (TPSA) is 99.2 Å². The second kappa shape index (κ2) is 7.18. The number of carbonyl (C=O) groups excluding carboxylic acids is 1. The number of nitrogens with zero attached hydrogens (tertiary/aromatic N) is 6. The molecule has 2 aromatic heterocycles. The first-order valence-electron chi connectivity index (χ1n) is 8.88. The van der Waals surface area contributed by atoms with Crippen molar-refractivity contribution >= 4 is 5.91 Å². The first-order chi connectivity index (χ1) is 13.1. The van der Waals surface area contributed by atoms with E-state index in [1.54, 1.807) is 29.9 Å². The standard InChI is InChI=1S/C18H20N6O3/c1-3-26-15-6-4-13(5-7-15)18(25)23-9-8-14(10-23)24-11-16(20-22-24)17-19-12(2)21-27-17/h4-7,11,14H,3,8-10H2,1-2H3. The number of likely N-dealkylation sites (tertiary alicyclic amines) is 1. The van der Waals surface area contributed by atoms with Crippen molar-refractivity contribution in [2.75, 3.05) is 19.7 Å². The van der Waals surface area contributed by atoms with Crippen LogP contribution >= 0.6 is 0 Å². The molecule has 0 N–H and O–H groups in total. The van der Waals surface area contributed by atoms with Crippen molar-refractivity contribution in [1.82, 2.24) is 30.0 Å². The summed E-state index contributed by atoms with van der Waals surface area (Å²) in [5.41, 5.74) is 1.19. The molecular weight excluding hydrogens is 348 g/mol. The summed E-state index contributed by atoms with van der Waals surface area (Å²) in [7, 11) is 0. The van der Waals surface area contributed by atoms with Crippen molar-refractivity contribution in [2.45, 2.75) is 26.3 Å². The van der Waals surface area contributed by atoms with Gasteiger partial charge < -0.3 is 14.2 Å². The Morgan fingerprint density at radius 2 is 2.15 bits per heavy atom. The highest BCUT2D eigenvalue weighted by molar-refractivity contribution is 5.94. The Balaban J connectivity index is 1.42. The molecule has 4 rings (SSSR count). The van der Waals surface area contributed by atoms with Crippen LogP contribution in [0, 0.1) is 6.92 Å². The van der Waals surface area contributed by atoms with Gasteiger partial charge in [0.1, 0.15) is 5.75 Å². The van der Waals surface area contributed by atoms with E-state index in [1.807, 2.05) is 24.0 Å². The lowest BCUT2D eigenvalue weighted by Gasteiger charge is -2.16. The Morgan fingerprint density at radius 3 is 2.85 bits per heavy atom. The Labute approximate surface area is 155 Å². The summed E-state index contributed by atoms with van der Waals surface area (Å²) in [4.78, 5) is 18.7. The van der Waals surface area contributed by atoms with Crippen molar-refractivity contribution in [3.05, 3.63) is 41.9 Å². The summed E-state index contributed by atoms with van der Waals surface area (Å²) in [5, 5.41) is 12.0. The van der Waals surface area contributed by atoms with Gasteiger partial charge in [-0.3, -0.25) is 4.79 Å². The number of aryl methyl sites for hydroxylation is 1. The average molecular weight is 368 g/mol. The quantitative estimate of drug-likeness (QED) is 0.680. The molecule has 1 unspecified atom stereocenters. The Morgan fingerprint density at radius 1 is 1.33 bits per heavy atom. The van der Waals surface area contributed by atoms with Crippen molar-refractivity contribution < 1.29 is 14.1 Å². The Kier molecular flexibility index (Phi) is 4.57. The highest BCUT2D eigenvalue weighted by Gasteiger charge is 2.29. The molecule has 0 bridgehead atoms. The highest BCUT2D eigenvalue weighted by Crippen LogP contribution is 2.24. The molecule has 1 aliphatic heterocycles. The predicted molar refractivity (Wildman–Crippen MR) is 95.2 cm³/mol. The van der Waals surface area contributed by atoms with Gasteiger partial charge in [-0.1, -0.05) is 10.4 Å². The maximum Gasteiger partial charge on any atom is 0.280 e. The third kappa shape index (κ3) is 3.53. The van der Waals surface area contributed by atoms with Crippen molar-refractivity contribution in [2.24, 2.45) is 0 Å². The van der Waals surface area contributed by atoms with Crippen LogP contribution in [0.4, 0.5) is 0 Å². The number of hydrogen-bond donors (Lipinski definition) is 0. The van der Waals surface area contributed by atoms with Crippen LogP contribution in [0.5, 0.6) is 5.75 Å². The van der Waals surface area contributed by atoms with E-state index in [0.717, 1.165) is 12.2 Å². The minimum absolute atomic E-state index is 0.00779. The molecule has 9 nitrogen and oxygen atoms in total. The van der Waals surface area contributed by atoms with Gasteiger partial charge in [0.25, 0.3) is 11.8 Å². The zero-order valence-corrected chi connectivity index (χ0v) is 15.2. The van der Waals surface area contributed by atoms with Crippen LogP contribution in [0.25, 0.3) is 11.6 Å². The van der Waals surface area contributed by atoms with Gasteiger partial charge in [-0.05, 0) is 44.5 Å². The second-order valence-electron chi connectivity index (χ2n) is 6.38. The minimum atomic E-state index is 0.00779. The Hall–Kier alpha value is -3.23. The van der Waals surface area contributed by atoms with Gasteiger partial charge >= 0.3 is 0 Å². The van der Waals surface area contributed by atoms with Crippen LogP contribution in [-0.4, -0.2) is 55.6 Å². The number of amides is 1. The van der Waals surface area contributed by atoms with Crippen LogP contribution in [-0.2, 0) is 0 Å². The molecule has 27 heavy (non-hydrogen) atoms. The van der Waals surface area contributed by atoms with Gasteiger partial charge in [-0.25, -0.2) is 4.68 Å². The molecule has 0 aliphatic carbocycles. The van der Waals surface area contributed by atoms with Gasteiger partial charge in [0.05, 0.1) is 18.8 Å². The molecule has 1 aliphatic rings. The third-order valence-electron chi connectivity index (χ3n) is 4.49. The first kappa shape index (κ1) is 17.2. The molecule has 1 fully saturated rings. The number of benzene rings is 1. The van der Waals surface area contributed by atoms with E-state index in [-0.39, 0.29) is 11.9 Å². The van der Waals surface area contributed by atoms with E-state index in [1.165, 1.54) is 0 Å². The SMILES string of the molecule is CCOc1ccc(C(=O)N2CCC(n3cc(-c4nc(C)no4)nn3)C2)cc1. The molecule has 140 valence electrons. The molecular formula is C18H20N6O3. The summed E-state index contributed by atoms with van der Waals surface area (Å²) in [6.07, 6.45) is 2.59. The van der Waals surface area contributed by atoms with E-state index in [2.05, 4.69) is 20.5 Å². The van der Waals surface area contributed by atoms with E-state index in [4.69, 9.17) is 9.26 Å². The van der Waals surface area contributed by atoms with E-state index in [0.29, 0.717) is 42.7 Å². The number of carbonyl (C=O) groups is 1. The average Bonchev–Trinajstić information content (AvgIpc) is 3.42. The number of rotatable bonds is 5. The summed E-state index contributed by atoms with van der Waals surface area (Å²) >= 11 is 0. The molecule has 0 saturated carbocycles. The smallest absolute Gasteiger partial charge is 0.280 e. The molecule has 1 atom stereocenters. The lowest BCUT2D eigenvalue weighted by Crippen LogP contribution is -2.29. The highest BCUT2D eigenvalue weighted by atomic mass is 16.5.